The SMILES string of the molecule is CCN1C(=O)CC[C@@H](C(=O)NCc2ccccn2)[C@@H]1c1ccccc1. The van der Waals surface area contributed by atoms with E-state index < -0.39 is 0 Å². The van der Waals surface area contributed by atoms with Crippen molar-refractivity contribution in [1.82, 2.24) is 15.2 Å². The van der Waals surface area contributed by atoms with Crippen LogP contribution >= 0.6 is 0 Å². The van der Waals surface area contributed by atoms with Gasteiger partial charge in [-0.3, -0.25) is 14.6 Å². The van der Waals surface area contributed by atoms with Gasteiger partial charge in [-0.1, -0.05) is 36.4 Å². The quantitative estimate of drug-likeness (QED) is 0.912. The van der Waals surface area contributed by atoms with Gasteiger partial charge in [-0.15, -0.1) is 0 Å². The summed E-state index contributed by atoms with van der Waals surface area (Å²) < 4.78 is 0. The average molecular weight is 337 g/mol. The number of rotatable bonds is 5. The van der Waals surface area contributed by atoms with Crippen LogP contribution in [0.2, 0.25) is 0 Å². The molecule has 0 spiro atoms. The maximum Gasteiger partial charge on any atom is 0.225 e. The Bertz CT molecular complexity index is 718. The molecule has 3 rings (SSSR count). The van der Waals surface area contributed by atoms with Gasteiger partial charge < -0.3 is 10.2 Å². The maximum absolute atomic E-state index is 12.8. The first-order chi connectivity index (χ1) is 12.2. The first-order valence-electron chi connectivity index (χ1n) is 8.72. The van der Waals surface area contributed by atoms with Crippen LogP contribution in [-0.4, -0.2) is 28.2 Å². The van der Waals surface area contributed by atoms with Gasteiger partial charge in [0, 0.05) is 19.2 Å². The highest BCUT2D eigenvalue weighted by Gasteiger charge is 2.39. The Morgan fingerprint density at radius 2 is 1.96 bits per heavy atom. The molecule has 1 fully saturated rings. The summed E-state index contributed by atoms with van der Waals surface area (Å²) in [5, 5.41) is 2.99. The lowest BCUT2D eigenvalue weighted by Crippen LogP contribution is -2.47. The van der Waals surface area contributed by atoms with Crippen LogP contribution in [0.5, 0.6) is 0 Å². The molecule has 2 atom stereocenters. The number of nitrogens with one attached hydrogen (secondary N) is 1. The number of likely N-dealkylation sites (tertiary alicyclic amines) is 1. The van der Waals surface area contributed by atoms with Crippen LogP contribution in [-0.2, 0) is 16.1 Å². The smallest absolute Gasteiger partial charge is 0.225 e. The summed E-state index contributed by atoms with van der Waals surface area (Å²) in [6.45, 7) is 2.96. The Morgan fingerprint density at radius 1 is 1.20 bits per heavy atom. The van der Waals surface area contributed by atoms with E-state index in [9.17, 15) is 9.59 Å². The summed E-state index contributed by atoms with van der Waals surface area (Å²) >= 11 is 0. The molecular formula is C20H23N3O2. The Labute approximate surface area is 148 Å². The monoisotopic (exact) mass is 337 g/mol. The topological polar surface area (TPSA) is 62.3 Å². The molecule has 2 amide bonds. The lowest BCUT2D eigenvalue weighted by atomic mass is 9.83. The van der Waals surface area contributed by atoms with Crippen molar-refractivity contribution >= 4 is 11.8 Å². The van der Waals surface area contributed by atoms with Crippen LogP contribution in [0.4, 0.5) is 0 Å². The van der Waals surface area contributed by atoms with Crippen LogP contribution in [0.1, 0.15) is 37.1 Å². The highest BCUT2D eigenvalue weighted by Crippen LogP contribution is 2.36. The summed E-state index contributed by atoms with van der Waals surface area (Å²) in [5.41, 5.74) is 1.83. The molecule has 1 aromatic carbocycles. The molecule has 2 aromatic rings. The molecule has 130 valence electrons. The van der Waals surface area contributed by atoms with Crippen LogP contribution in [0.25, 0.3) is 0 Å². The lowest BCUT2D eigenvalue weighted by Gasteiger charge is -2.40. The minimum Gasteiger partial charge on any atom is -0.350 e. The summed E-state index contributed by atoms with van der Waals surface area (Å²) in [5.74, 6) is -0.153. The van der Waals surface area contributed by atoms with Crippen molar-refractivity contribution in [1.29, 1.82) is 0 Å². The second-order valence-corrected chi connectivity index (χ2v) is 6.22. The van der Waals surface area contributed by atoms with Gasteiger partial charge >= 0.3 is 0 Å². The van der Waals surface area contributed by atoms with E-state index in [2.05, 4.69) is 10.3 Å². The first-order valence-corrected chi connectivity index (χ1v) is 8.72. The zero-order chi connectivity index (χ0) is 17.6. The zero-order valence-corrected chi connectivity index (χ0v) is 14.4. The Hall–Kier alpha value is -2.69. The molecule has 5 heteroatoms. The zero-order valence-electron chi connectivity index (χ0n) is 14.4. The normalized spacial score (nSPS) is 20.4. The largest absolute Gasteiger partial charge is 0.350 e. The van der Waals surface area contributed by atoms with Crippen molar-refractivity contribution in [2.45, 2.75) is 32.4 Å². The third-order valence-electron chi connectivity index (χ3n) is 4.69. The molecule has 0 unspecified atom stereocenters. The average Bonchev–Trinajstić information content (AvgIpc) is 2.67. The summed E-state index contributed by atoms with van der Waals surface area (Å²) in [7, 11) is 0. The molecule has 1 saturated heterocycles. The number of hydrogen-bond acceptors (Lipinski definition) is 3. The molecule has 1 aromatic heterocycles. The minimum absolute atomic E-state index is 0.0227. The highest BCUT2D eigenvalue weighted by molar-refractivity contribution is 5.85. The van der Waals surface area contributed by atoms with Crippen LogP contribution in [0.3, 0.4) is 0 Å². The molecule has 25 heavy (non-hydrogen) atoms. The number of pyridine rings is 1. The third-order valence-corrected chi connectivity index (χ3v) is 4.69. The molecule has 0 radical (unpaired) electrons. The van der Waals surface area contributed by atoms with E-state index in [0.717, 1.165) is 11.3 Å². The Balaban J connectivity index is 1.79. The van der Waals surface area contributed by atoms with Gasteiger partial charge in [0.15, 0.2) is 0 Å². The highest BCUT2D eigenvalue weighted by atomic mass is 16.2. The third kappa shape index (κ3) is 3.87. The molecule has 2 heterocycles. The number of nitrogens with zero attached hydrogens (tertiary/aromatic N) is 2. The predicted octanol–water partition coefficient (Wildman–Crippen LogP) is 2.70. The van der Waals surface area contributed by atoms with E-state index in [1.54, 1.807) is 6.20 Å². The number of hydrogen-bond donors (Lipinski definition) is 1. The van der Waals surface area contributed by atoms with Gasteiger partial charge in [0.25, 0.3) is 0 Å². The molecule has 5 nitrogen and oxygen atoms in total. The minimum atomic E-state index is -0.247. The maximum atomic E-state index is 12.8. The van der Waals surface area contributed by atoms with Gasteiger partial charge in [0.1, 0.15) is 0 Å². The van der Waals surface area contributed by atoms with Crippen molar-refractivity contribution in [2.75, 3.05) is 6.54 Å². The second kappa shape index (κ2) is 7.92. The fraction of sp³-hybridized carbons (Fsp3) is 0.350. The number of carbonyl (C=O) groups excluding carboxylic acids is 2. The van der Waals surface area contributed by atoms with E-state index in [1.807, 2.05) is 60.4 Å². The van der Waals surface area contributed by atoms with Crippen LogP contribution in [0.15, 0.2) is 54.7 Å². The van der Waals surface area contributed by atoms with E-state index in [-0.39, 0.29) is 23.8 Å². The fourth-order valence-electron chi connectivity index (χ4n) is 3.47. The molecule has 1 aliphatic heterocycles. The Morgan fingerprint density at radius 3 is 2.64 bits per heavy atom. The van der Waals surface area contributed by atoms with E-state index in [0.29, 0.717) is 25.9 Å². The number of piperidine rings is 1. The number of aromatic nitrogens is 1. The molecule has 0 bridgehead atoms. The standard InChI is InChI=1S/C20H23N3O2/c1-2-23-18(24)12-11-17(19(23)15-8-4-3-5-9-15)20(25)22-14-16-10-6-7-13-21-16/h3-10,13,17,19H,2,11-12,14H2,1H3,(H,22,25)/t17-,19+/m1/s1. The van der Waals surface area contributed by atoms with E-state index in [1.165, 1.54) is 0 Å². The van der Waals surface area contributed by atoms with Crippen molar-refractivity contribution in [2.24, 2.45) is 5.92 Å². The lowest BCUT2D eigenvalue weighted by molar-refractivity contribution is -0.143. The van der Waals surface area contributed by atoms with Gasteiger partial charge in [-0.2, -0.15) is 0 Å². The number of amides is 2. The van der Waals surface area contributed by atoms with Crippen molar-refractivity contribution in [3.05, 3.63) is 66.0 Å². The van der Waals surface area contributed by atoms with Gasteiger partial charge in [0.2, 0.25) is 11.8 Å². The van der Waals surface area contributed by atoms with Crippen molar-refractivity contribution in [3.63, 3.8) is 0 Å². The van der Waals surface area contributed by atoms with Gasteiger partial charge in [-0.25, -0.2) is 0 Å². The molecule has 1 aliphatic rings. The van der Waals surface area contributed by atoms with Gasteiger partial charge in [0.05, 0.1) is 24.2 Å². The molecule has 0 saturated carbocycles. The Kier molecular flexibility index (Phi) is 5.43. The second-order valence-electron chi connectivity index (χ2n) is 6.22. The van der Waals surface area contributed by atoms with Crippen molar-refractivity contribution in [3.8, 4) is 0 Å². The summed E-state index contributed by atoms with van der Waals surface area (Å²) in [6, 6.07) is 15.3. The fourth-order valence-corrected chi connectivity index (χ4v) is 3.47. The van der Waals surface area contributed by atoms with E-state index in [4.69, 9.17) is 0 Å². The van der Waals surface area contributed by atoms with Crippen molar-refractivity contribution < 1.29 is 9.59 Å². The van der Waals surface area contributed by atoms with Crippen LogP contribution in [0, 0.1) is 5.92 Å². The molecule has 0 aliphatic carbocycles. The predicted molar refractivity (Wildman–Crippen MR) is 95.4 cm³/mol. The summed E-state index contributed by atoms with van der Waals surface area (Å²) in [4.78, 5) is 31.2. The number of benzene rings is 1. The van der Waals surface area contributed by atoms with Gasteiger partial charge in [-0.05, 0) is 31.0 Å². The van der Waals surface area contributed by atoms with Crippen LogP contribution < -0.4 is 5.32 Å². The summed E-state index contributed by atoms with van der Waals surface area (Å²) in [6.07, 6.45) is 2.70. The molecular weight excluding hydrogens is 314 g/mol. The first kappa shape index (κ1) is 17.1. The van der Waals surface area contributed by atoms with E-state index >= 15 is 0 Å². The molecule has 1 N–H and O–H groups in total. The number of carbonyl (C=O) groups is 2.